The molecular formula is C10H20N2O. The maximum atomic E-state index is 9.47. The normalized spacial score (nSPS) is 40.8. The van der Waals surface area contributed by atoms with Gasteiger partial charge in [-0.25, -0.2) is 0 Å². The first-order chi connectivity index (χ1) is 6.37. The Kier molecular flexibility index (Phi) is 2.86. The van der Waals surface area contributed by atoms with Crippen LogP contribution in [0, 0.1) is 0 Å². The van der Waals surface area contributed by atoms with Crippen LogP contribution in [0.15, 0.2) is 0 Å². The largest absolute Gasteiger partial charge is 0.394 e. The maximum Gasteiger partial charge on any atom is 0.0628 e. The average Bonchev–Trinajstić information content (AvgIpc) is 2.69. The highest BCUT2D eigenvalue weighted by atomic mass is 16.3. The maximum absolute atomic E-state index is 9.47. The molecule has 76 valence electrons. The Hall–Kier alpha value is -0.120. The Morgan fingerprint density at radius 1 is 1.23 bits per heavy atom. The van der Waals surface area contributed by atoms with E-state index in [-0.39, 0.29) is 12.1 Å². The number of hydrogen-bond donors (Lipinski definition) is 3. The minimum absolute atomic E-state index is 0.000417. The van der Waals surface area contributed by atoms with Crippen molar-refractivity contribution in [2.24, 2.45) is 0 Å². The van der Waals surface area contributed by atoms with Crippen molar-refractivity contribution in [1.82, 2.24) is 10.6 Å². The third kappa shape index (κ3) is 1.73. The Bertz CT molecular complexity index is 160. The van der Waals surface area contributed by atoms with Crippen molar-refractivity contribution in [1.29, 1.82) is 0 Å². The van der Waals surface area contributed by atoms with Crippen LogP contribution >= 0.6 is 0 Å². The zero-order valence-electron chi connectivity index (χ0n) is 8.18. The molecule has 0 amide bonds. The Labute approximate surface area is 79.9 Å². The van der Waals surface area contributed by atoms with Gasteiger partial charge in [-0.1, -0.05) is 6.42 Å². The van der Waals surface area contributed by atoms with Crippen molar-refractivity contribution in [3.63, 3.8) is 0 Å². The Morgan fingerprint density at radius 2 is 2.15 bits per heavy atom. The molecule has 2 unspecified atom stereocenters. The van der Waals surface area contributed by atoms with Gasteiger partial charge in [-0.3, -0.25) is 0 Å². The SMILES string of the molecule is OCC1(C2CCCCN2)CCCN1. The van der Waals surface area contributed by atoms with Crippen LogP contribution in [-0.4, -0.2) is 36.4 Å². The second-order valence-electron chi connectivity index (χ2n) is 4.35. The molecule has 0 aliphatic carbocycles. The molecule has 2 atom stereocenters. The van der Waals surface area contributed by atoms with E-state index in [4.69, 9.17) is 0 Å². The van der Waals surface area contributed by atoms with Crippen molar-refractivity contribution in [3.8, 4) is 0 Å². The fraction of sp³-hybridized carbons (Fsp3) is 1.00. The molecule has 3 heteroatoms. The van der Waals surface area contributed by atoms with Crippen LogP contribution in [0.25, 0.3) is 0 Å². The van der Waals surface area contributed by atoms with Gasteiger partial charge in [-0.2, -0.15) is 0 Å². The summed E-state index contributed by atoms with van der Waals surface area (Å²) in [6, 6.07) is 0.494. The lowest BCUT2D eigenvalue weighted by Gasteiger charge is -2.39. The lowest BCUT2D eigenvalue weighted by molar-refractivity contribution is 0.123. The van der Waals surface area contributed by atoms with Crippen molar-refractivity contribution in [2.75, 3.05) is 19.7 Å². The van der Waals surface area contributed by atoms with E-state index in [1.165, 1.54) is 25.7 Å². The monoisotopic (exact) mass is 184 g/mol. The Balaban J connectivity index is 2.01. The van der Waals surface area contributed by atoms with E-state index in [0.29, 0.717) is 6.04 Å². The van der Waals surface area contributed by atoms with Gasteiger partial charge in [0, 0.05) is 6.04 Å². The van der Waals surface area contributed by atoms with Gasteiger partial charge in [0.15, 0.2) is 0 Å². The highest BCUT2D eigenvalue weighted by molar-refractivity contribution is 5.02. The molecule has 2 rings (SSSR count). The predicted octanol–water partition coefficient (Wildman–Crippen LogP) is 0.243. The van der Waals surface area contributed by atoms with Gasteiger partial charge in [0.1, 0.15) is 0 Å². The van der Waals surface area contributed by atoms with Crippen molar-refractivity contribution < 1.29 is 5.11 Å². The zero-order chi connectivity index (χ0) is 9.15. The van der Waals surface area contributed by atoms with Gasteiger partial charge in [0.2, 0.25) is 0 Å². The first-order valence-electron chi connectivity index (χ1n) is 5.47. The highest BCUT2D eigenvalue weighted by Gasteiger charge is 2.40. The fourth-order valence-electron chi connectivity index (χ4n) is 2.70. The summed E-state index contributed by atoms with van der Waals surface area (Å²) in [4.78, 5) is 0. The van der Waals surface area contributed by atoms with E-state index < -0.39 is 0 Å². The molecule has 2 aliphatic rings. The number of nitrogens with one attached hydrogen (secondary N) is 2. The van der Waals surface area contributed by atoms with Crippen LogP contribution in [0.1, 0.15) is 32.1 Å². The van der Waals surface area contributed by atoms with Crippen LogP contribution in [0.5, 0.6) is 0 Å². The smallest absolute Gasteiger partial charge is 0.0628 e. The summed E-state index contributed by atoms with van der Waals surface area (Å²) in [7, 11) is 0. The van der Waals surface area contributed by atoms with Crippen LogP contribution in [0.4, 0.5) is 0 Å². The van der Waals surface area contributed by atoms with Crippen molar-refractivity contribution >= 4 is 0 Å². The standard InChI is InChI=1S/C10H20N2O/c13-8-10(5-3-7-12-10)9-4-1-2-6-11-9/h9,11-13H,1-8H2. The van der Waals surface area contributed by atoms with Crippen LogP contribution < -0.4 is 10.6 Å². The molecule has 2 aliphatic heterocycles. The fourth-order valence-corrected chi connectivity index (χ4v) is 2.70. The van der Waals surface area contributed by atoms with Gasteiger partial charge < -0.3 is 15.7 Å². The number of hydrogen-bond acceptors (Lipinski definition) is 3. The quantitative estimate of drug-likeness (QED) is 0.576. The summed E-state index contributed by atoms with van der Waals surface area (Å²) in [6.45, 7) is 2.47. The van der Waals surface area contributed by atoms with Gasteiger partial charge in [-0.05, 0) is 38.8 Å². The number of aliphatic hydroxyl groups excluding tert-OH is 1. The summed E-state index contributed by atoms with van der Waals surface area (Å²) in [5.74, 6) is 0. The van der Waals surface area contributed by atoms with E-state index in [1.807, 2.05) is 0 Å². The molecule has 0 aromatic heterocycles. The summed E-state index contributed by atoms with van der Waals surface area (Å²) < 4.78 is 0. The number of piperidine rings is 1. The first kappa shape index (κ1) is 9.44. The molecular weight excluding hydrogens is 164 g/mol. The van der Waals surface area contributed by atoms with E-state index in [2.05, 4.69) is 10.6 Å². The first-order valence-corrected chi connectivity index (χ1v) is 5.47. The average molecular weight is 184 g/mol. The second-order valence-corrected chi connectivity index (χ2v) is 4.35. The zero-order valence-corrected chi connectivity index (χ0v) is 8.18. The minimum atomic E-state index is 0.000417. The molecule has 2 saturated heterocycles. The van der Waals surface area contributed by atoms with Crippen LogP contribution in [-0.2, 0) is 0 Å². The molecule has 2 heterocycles. The van der Waals surface area contributed by atoms with Crippen LogP contribution in [0.3, 0.4) is 0 Å². The highest BCUT2D eigenvalue weighted by Crippen LogP contribution is 2.27. The molecule has 0 spiro atoms. The molecule has 3 N–H and O–H groups in total. The summed E-state index contributed by atoms with van der Waals surface area (Å²) >= 11 is 0. The molecule has 2 fully saturated rings. The third-order valence-electron chi connectivity index (χ3n) is 3.54. The summed E-state index contributed by atoms with van der Waals surface area (Å²) in [6.07, 6.45) is 6.15. The van der Waals surface area contributed by atoms with E-state index >= 15 is 0 Å². The molecule has 0 aromatic rings. The number of rotatable bonds is 2. The number of aliphatic hydroxyl groups is 1. The molecule has 0 saturated carbocycles. The molecule has 0 bridgehead atoms. The van der Waals surface area contributed by atoms with Crippen molar-refractivity contribution in [3.05, 3.63) is 0 Å². The molecule has 0 radical (unpaired) electrons. The lowest BCUT2D eigenvalue weighted by atomic mass is 9.84. The Morgan fingerprint density at radius 3 is 2.69 bits per heavy atom. The molecule has 13 heavy (non-hydrogen) atoms. The molecule has 0 aromatic carbocycles. The van der Waals surface area contributed by atoms with Gasteiger partial charge in [0.05, 0.1) is 12.1 Å². The summed E-state index contributed by atoms with van der Waals surface area (Å²) in [5, 5.41) is 16.5. The third-order valence-corrected chi connectivity index (χ3v) is 3.54. The lowest BCUT2D eigenvalue weighted by Crippen LogP contribution is -2.60. The van der Waals surface area contributed by atoms with Gasteiger partial charge in [0.25, 0.3) is 0 Å². The van der Waals surface area contributed by atoms with Crippen LogP contribution in [0.2, 0.25) is 0 Å². The molecule has 3 nitrogen and oxygen atoms in total. The van der Waals surface area contributed by atoms with Crippen molar-refractivity contribution in [2.45, 2.75) is 43.7 Å². The second kappa shape index (κ2) is 3.95. The van der Waals surface area contributed by atoms with Gasteiger partial charge in [-0.15, -0.1) is 0 Å². The predicted molar refractivity (Wildman–Crippen MR) is 52.7 cm³/mol. The van der Waals surface area contributed by atoms with E-state index in [0.717, 1.165) is 19.5 Å². The van der Waals surface area contributed by atoms with E-state index in [1.54, 1.807) is 0 Å². The minimum Gasteiger partial charge on any atom is -0.394 e. The van der Waals surface area contributed by atoms with Gasteiger partial charge >= 0.3 is 0 Å². The van der Waals surface area contributed by atoms with E-state index in [9.17, 15) is 5.11 Å². The summed E-state index contributed by atoms with van der Waals surface area (Å²) in [5.41, 5.74) is 0.000417. The topological polar surface area (TPSA) is 44.3 Å².